The smallest absolute Gasteiger partial charge is 0.189 e. The number of aliphatic hydroxyl groups is 1. The number of unbranched alkanes of at least 4 members (excludes halogenated alkanes) is 3. The second kappa shape index (κ2) is 12.5. The van der Waals surface area contributed by atoms with E-state index >= 15 is 0 Å². The molecule has 0 radical (unpaired) electrons. The van der Waals surface area contributed by atoms with Crippen LogP contribution in [0.15, 0.2) is 54.6 Å². The van der Waals surface area contributed by atoms with Crippen molar-refractivity contribution in [3.63, 3.8) is 0 Å². The highest BCUT2D eigenvalue weighted by atomic mass is 16.7. The van der Waals surface area contributed by atoms with Crippen LogP contribution in [-0.4, -0.2) is 24.6 Å². The first-order chi connectivity index (χ1) is 12.8. The van der Waals surface area contributed by atoms with Crippen molar-refractivity contribution in [3.8, 4) is 16.9 Å². The van der Waals surface area contributed by atoms with E-state index < -0.39 is 0 Å². The Morgan fingerprint density at radius 1 is 0.808 bits per heavy atom. The first-order valence-corrected chi connectivity index (χ1v) is 9.83. The van der Waals surface area contributed by atoms with Gasteiger partial charge in [-0.05, 0) is 48.9 Å². The van der Waals surface area contributed by atoms with Crippen molar-refractivity contribution >= 4 is 0 Å². The van der Waals surface area contributed by atoms with Crippen LogP contribution in [0.5, 0.6) is 5.75 Å². The molecule has 1 unspecified atom stereocenters. The molecule has 0 bridgehead atoms. The van der Waals surface area contributed by atoms with Crippen LogP contribution < -0.4 is 4.74 Å². The maximum absolute atomic E-state index is 9.87. The highest BCUT2D eigenvalue weighted by molar-refractivity contribution is 5.63. The maximum Gasteiger partial charge on any atom is 0.189 e. The van der Waals surface area contributed by atoms with E-state index in [1.165, 1.54) is 24.0 Å². The number of benzene rings is 2. The van der Waals surface area contributed by atoms with Crippen molar-refractivity contribution in [1.82, 2.24) is 0 Å². The molecule has 2 rings (SSSR count). The quantitative estimate of drug-likeness (QED) is 0.363. The molecule has 0 aliphatic carbocycles. The SMILES string of the molecule is CCCCCC(O)CCCCOCOc1ccc(-c2ccccc2)cc1. The summed E-state index contributed by atoms with van der Waals surface area (Å²) in [6, 6.07) is 18.4. The molecule has 0 saturated carbocycles. The van der Waals surface area contributed by atoms with Crippen LogP contribution in [0, 0.1) is 0 Å². The van der Waals surface area contributed by atoms with Gasteiger partial charge in [0.2, 0.25) is 0 Å². The Labute approximate surface area is 158 Å². The van der Waals surface area contributed by atoms with Crippen molar-refractivity contribution in [1.29, 1.82) is 0 Å². The van der Waals surface area contributed by atoms with Gasteiger partial charge in [-0.3, -0.25) is 0 Å². The summed E-state index contributed by atoms with van der Waals surface area (Å²) >= 11 is 0. The zero-order chi connectivity index (χ0) is 18.5. The van der Waals surface area contributed by atoms with Gasteiger partial charge in [0.1, 0.15) is 5.75 Å². The summed E-state index contributed by atoms with van der Waals surface area (Å²) in [5.74, 6) is 0.816. The molecule has 0 spiro atoms. The Bertz CT molecular complexity index is 580. The molecule has 1 atom stereocenters. The zero-order valence-electron chi connectivity index (χ0n) is 15.9. The van der Waals surface area contributed by atoms with Gasteiger partial charge < -0.3 is 14.6 Å². The molecular weight excluding hydrogens is 324 g/mol. The van der Waals surface area contributed by atoms with Crippen LogP contribution >= 0.6 is 0 Å². The largest absolute Gasteiger partial charge is 0.468 e. The minimum atomic E-state index is -0.152. The van der Waals surface area contributed by atoms with Crippen molar-refractivity contribution in [2.75, 3.05) is 13.4 Å². The van der Waals surface area contributed by atoms with E-state index in [0.717, 1.165) is 37.9 Å². The van der Waals surface area contributed by atoms with Crippen molar-refractivity contribution < 1.29 is 14.6 Å². The van der Waals surface area contributed by atoms with E-state index in [0.29, 0.717) is 6.61 Å². The van der Waals surface area contributed by atoms with Crippen molar-refractivity contribution in [2.45, 2.75) is 58.0 Å². The third-order valence-electron chi connectivity index (χ3n) is 4.49. The highest BCUT2D eigenvalue weighted by Crippen LogP contribution is 2.22. The fourth-order valence-corrected chi connectivity index (χ4v) is 2.90. The number of ether oxygens (including phenoxy) is 2. The van der Waals surface area contributed by atoms with E-state index in [2.05, 4.69) is 31.2 Å². The van der Waals surface area contributed by atoms with Crippen molar-refractivity contribution in [3.05, 3.63) is 54.6 Å². The van der Waals surface area contributed by atoms with Gasteiger partial charge in [-0.2, -0.15) is 0 Å². The molecule has 1 N–H and O–H groups in total. The standard InChI is InChI=1S/C23H32O3/c1-2-3-5-12-22(24)13-8-9-18-25-19-26-23-16-14-21(15-17-23)20-10-6-4-7-11-20/h4,6-7,10-11,14-17,22,24H,2-3,5,8-9,12-13,18-19H2,1H3. The van der Waals surface area contributed by atoms with Gasteiger partial charge in [-0.25, -0.2) is 0 Å². The molecule has 2 aromatic rings. The van der Waals surface area contributed by atoms with Gasteiger partial charge >= 0.3 is 0 Å². The van der Waals surface area contributed by atoms with Crippen LogP contribution in [0.3, 0.4) is 0 Å². The van der Waals surface area contributed by atoms with Gasteiger partial charge in [-0.15, -0.1) is 0 Å². The highest BCUT2D eigenvalue weighted by Gasteiger charge is 2.03. The third kappa shape index (κ3) is 8.03. The lowest BCUT2D eigenvalue weighted by atomic mass is 10.1. The van der Waals surface area contributed by atoms with E-state index in [-0.39, 0.29) is 12.9 Å². The molecule has 2 aromatic carbocycles. The summed E-state index contributed by atoms with van der Waals surface area (Å²) in [6.45, 7) is 3.12. The van der Waals surface area contributed by atoms with E-state index in [1.807, 2.05) is 30.3 Å². The molecule has 142 valence electrons. The van der Waals surface area contributed by atoms with Gasteiger partial charge in [0, 0.05) is 0 Å². The van der Waals surface area contributed by atoms with Gasteiger partial charge in [0.05, 0.1) is 12.7 Å². The summed E-state index contributed by atoms with van der Waals surface area (Å²) in [5.41, 5.74) is 2.38. The van der Waals surface area contributed by atoms with E-state index in [9.17, 15) is 5.11 Å². The molecular formula is C23H32O3. The second-order valence-corrected chi connectivity index (χ2v) is 6.71. The Kier molecular flexibility index (Phi) is 9.84. The number of aliphatic hydroxyl groups excluding tert-OH is 1. The van der Waals surface area contributed by atoms with Crippen LogP contribution in [0.25, 0.3) is 11.1 Å². The molecule has 3 nitrogen and oxygen atoms in total. The fraction of sp³-hybridized carbons (Fsp3) is 0.478. The second-order valence-electron chi connectivity index (χ2n) is 6.71. The third-order valence-corrected chi connectivity index (χ3v) is 4.49. The number of hydrogen-bond acceptors (Lipinski definition) is 3. The lowest BCUT2D eigenvalue weighted by Gasteiger charge is -2.10. The predicted octanol–water partition coefficient (Wildman–Crippen LogP) is 5.82. The molecule has 0 aromatic heterocycles. The summed E-state index contributed by atoms with van der Waals surface area (Å²) in [6.07, 6.45) is 7.15. The summed E-state index contributed by atoms with van der Waals surface area (Å²) in [4.78, 5) is 0. The summed E-state index contributed by atoms with van der Waals surface area (Å²) in [7, 11) is 0. The summed E-state index contributed by atoms with van der Waals surface area (Å²) < 4.78 is 11.1. The van der Waals surface area contributed by atoms with E-state index in [4.69, 9.17) is 9.47 Å². The van der Waals surface area contributed by atoms with Crippen LogP contribution in [0.1, 0.15) is 51.9 Å². The van der Waals surface area contributed by atoms with Crippen LogP contribution in [0.4, 0.5) is 0 Å². The van der Waals surface area contributed by atoms with Gasteiger partial charge in [0.25, 0.3) is 0 Å². The Morgan fingerprint density at radius 2 is 1.46 bits per heavy atom. The van der Waals surface area contributed by atoms with Crippen LogP contribution in [-0.2, 0) is 4.74 Å². The predicted molar refractivity (Wildman–Crippen MR) is 107 cm³/mol. The summed E-state index contributed by atoms with van der Waals surface area (Å²) in [5, 5.41) is 9.87. The number of hydrogen-bond donors (Lipinski definition) is 1. The zero-order valence-corrected chi connectivity index (χ0v) is 15.9. The molecule has 0 aliphatic heterocycles. The molecule has 0 fully saturated rings. The Hall–Kier alpha value is -1.84. The Balaban J connectivity index is 1.53. The molecule has 0 amide bonds. The maximum atomic E-state index is 9.87. The van der Waals surface area contributed by atoms with Crippen molar-refractivity contribution in [2.24, 2.45) is 0 Å². The fourth-order valence-electron chi connectivity index (χ4n) is 2.90. The minimum Gasteiger partial charge on any atom is -0.468 e. The average molecular weight is 357 g/mol. The lowest BCUT2D eigenvalue weighted by molar-refractivity contribution is 0.0124. The average Bonchev–Trinajstić information content (AvgIpc) is 2.68. The van der Waals surface area contributed by atoms with Gasteiger partial charge in [0.15, 0.2) is 6.79 Å². The lowest BCUT2D eigenvalue weighted by Crippen LogP contribution is -2.08. The first kappa shape index (κ1) is 20.5. The topological polar surface area (TPSA) is 38.7 Å². The van der Waals surface area contributed by atoms with E-state index in [1.54, 1.807) is 0 Å². The monoisotopic (exact) mass is 356 g/mol. The molecule has 3 heteroatoms. The van der Waals surface area contributed by atoms with Gasteiger partial charge in [-0.1, -0.05) is 68.7 Å². The minimum absolute atomic E-state index is 0.152. The molecule has 0 saturated heterocycles. The Morgan fingerprint density at radius 3 is 2.15 bits per heavy atom. The first-order valence-electron chi connectivity index (χ1n) is 9.83. The molecule has 0 heterocycles. The number of rotatable bonds is 13. The van der Waals surface area contributed by atoms with Crippen LogP contribution in [0.2, 0.25) is 0 Å². The molecule has 26 heavy (non-hydrogen) atoms. The molecule has 0 aliphatic rings. The normalized spacial score (nSPS) is 12.1.